The van der Waals surface area contributed by atoms with Gasteiger partial charge in [0.1, 0.15) is 0 Å². The van der Waals surface area contributed by atoms with Crippen molar-refractivity contribution in [1.29, 1.82) is 5.26 Å². The third kappa shape index (κ3) is 3.53. The van der Waals surface area contributed by atoms with Crippen molar-refractivity contribution in [3.63, 3.8) is 0 Å². The molecule has 5 heteroatoms. The van der Waals surface area contributed by atoms with E-state index in [1.165, 1.54) is 0 Å². The molecule has 2 rings (SSSR count). The zero-order chi connectivity index (χ0) is 14.4. The smallest absolute Gasteiger partial charge is 0.255 e. The van der Waals surface area contributed by atoms with E-state index in [0.717, 1.165) is 38.5 Å². The third-order valence-electron chi connectivity index (χ3n) is 3.55. The Bertz CT molecular complexity index is 504. The topological polar surface area (TPSA) is 47.3 Å². The highest BCUT2D eigenvalue weighted by atomic mass is 32.2. The number of benzene rings is 1. The maximum Gasteiger partial charge on any atom is 0.255 e. The summed E-state index contributed by atoms with van der Waals surface area (Å²) in [6.45, 7) is 4.40. The van der Waals surface area contributed by atoms with E-state index >= 15 is 0 Å². The quantitative estimate of drug-likeness (QED) is 0.846. The van der Waals surface area contributed by atoms with E-state index in [0.29, 0.717) is 11.1 Å². The Balaban J connectivity index is 1.97. The molecule has 0 N–H and O–H groups in total. The molecule has 1 amide bonds. The monoisotopic (exact) mass is 289 g/mol. The number of nitrogens with zero attached hydrogens (tertiary/aromatic N) is 3. The van der Waals surface area contributed by atoms with Crippen LogP contribution < -0.4 is 0 Å². The van der Waals surface area contributed by atoms with Crippen molar-refractivity contribution in [1.82, 2.24) is 9.80 Å². The summed E-state index contributed by atoms with van der Waals surface area (Å²) in [5.74, 6) is 1.11. The van der Waals surface area contributed by atoms with Gasteiger partial charge in [-0.1, -0.05) is 12.1 Å². The van der Waals surface area contributed by atoms with Gasteiger partial charge in [0.25, 0.3) is 5.91 Å². The SMILES string of the molecule is CSCCN1CCN(C(=O)c2ccccc2C#N)CC1. The summed E-state index contributed by atoms with van der Waals surface area (Å²) >= 11 is 1.85. The summed E-state index contributed by atoms with van der Waals surface area (Å²) in [7, 11) is 0. The molecular weight excluding hydrogens is 270 g/mol. The highest BCUT2D eigenvalue weighted by molar-refractivity contribution is 7.98. The summed E-state index contributed by atoms with van der Waals surface area (Å²) in [6, 6.07) is 9.12. The standard InChI is InChI=1S/C15H19N3OS/c1-20-11-10-17-6-8-18(9-7-17)15(19)14-5-3-2-4-13(14)12-16/h2-5H,6-11H2,1H3. The molecule has 4 nitrogen and oxygen atoms in total. The first-order valence-electron chi connectivity index (χ1n) is 6.76. The van der Waals surface area contributed by atoms with Gasteiger partial charge >= 0.3 is 0 Å². The molecule has 0 atom stereocenters. The largest absolute Gasteiger partial charge is 0.336 e. The minimum absolute atomic E-state index is 0.0216. The van der Waals surface area contributed by atoms with Crippen LogP contribution in [0, 0.1) is 11.3 Å². The minimum Gasteiger partial charge on any atom is -0.336 e. The van der Waals surface area contributed by atoms with Crippen LogP contribution in [0.5, 0.6) is 0 Å². The molecular formula is C15H19N3OS. The lowest BCUT2D eigenvalue weighted by atomic mass is 10.1. The number of hydrogen-bond donors (Lipinski definition) is 0. The summed E-state index contributed by atoms with van der Waals surface area (Å²) in [5, 5.41) is 9.07. The predicted octanol–water partition coefficient (Wildman–Crippen LogP) is 1.68. The first-order chi connectivity index (χ1) is 9.76. The third-order valence-corrected chi connectivity index (χ3v) is 4.14. The van der Waals surface area contributed by atoms with Crippen LogP contribution in [0.4, 0.5) is 0 Å². The molecule has 1 saturated heterocycles. The summed E-state index contributed by atoms with van der Waals surface area (Å²) in [5.41, 5.74) is 0.981. The zero-order valence-corrected chi connectivity index (χ0v) is 12.5. The van der Waals surface area contributed by atoms with Crippen LogP contribution in [0.2, 0.25) is 0 Å². The van der Waals surface area contributed by atoms with Gasteiger partial charge in [-0.3, -0.25) is 9.69 Å². The number of amides is 1. The van der Waals surface area contributed by atoms with Crippen LogP contribution in [0.1, 0.15) is 15.9 Å². The van der Waals surface area contributed by atoms with E-state index in [9.17, 15) is 4.79 Å². The Kier molecular flexibility index (Phi) is 5.45. The van der Waals surface area contributed by atoms with Gasteiger partial charge < -0.3 is 4.90 Å². The molecule has 1 aromatic rings. The van der Waals surface area contributed by atoms with Gasteiger partial charge in [0.05, 0.1) is 17.2 Å². The molecule has 1 fully saturated rings. The van der Waals surface area contributed by atoms with E-state index in [-0.39, 0.29) is 5.91 Å². The lowest BCUT2D eigenvalue weighted by Gasteiger charge is -2.34. The molecule has 0 bridgehead atoms. The molecule has 20 heavy (non-hydrogen) atoms. The zero-order valence-electron chi connectivity index (χ0n) is 11.7. The van der Waals surface area contributed by atoms with Crippen LogP contribution in [-0.4, -0.2) is 60.4 Å². The Morgan fingerprint density at radius 2 is 2.00 bits per heavy atom. The number of carbonyl (C=O) groups is 1. The summed E-state index contributed by atoms with van der Waals surface area (Å²) in [6.07, 6.45) is 2.11. The molecule has 1 aliphatic rings. The van der Waals surface area contributed by atoms with Crippen molar-refractivity contribution in [2.24, 2.45) is 0 Å². The lowest BCUT2D eigenvalue weighted by Crippen LogP contribution is -2.49. The minimum atomic E-state index is -0.0216. The van der Waals surface area contributed by atoms with Crippen molar-refractivity contribution < 1.29 is 4.79 Å². The van der Waals surface area contributed by atoms with Crippen LogP contribution in [-0.2, 0) is 0 Å². The van der Waals surface area contributed by atoms with E-state index in [1.54, 1.807) is 18.2 Å². The summed E-state index contributed by atoms with van der Waals surface area (Å²) < 4.78 is 0. The second-order valence-corrected chi connectivity index (χ2v) is 5.77. The molecule has 0 unspecified atom stereocenters. The van der Waals surface area contributed by atoms with Crippen LogP contribution in [0.15, 0.2) is 24.3 Å². The maximum absolute atomic E-state index is 12.5. The molecule has 0 radical (unpaired) electrons. The fourth-order valence-corrected chi connectivity index (χ4v) is 2.77. The molecule has 0 spiro atoms. The van der Waals surface area contributed by atoms with Gasteiger partial charge in [0, 0.05) is 38.5 Å². The number of carbonyl (C=O) groups excluding carboxylic acids is 1. The normalized spacial score (nSPS) is 15.9. The van der Waals surface area contributed by atoms with Crippen LogP contribution >= 0.6 is 11.8 Å². The van der Waals surface area contributed by atoms with E-state index < -0.39 is 0 Å². The van der Waals surface area contributed by atoms with E-state index in [4.69, 9.17) is 5.26 Å². The number of thioether (sulfide) groups is 1. The predicted molar refractivity (Wildman–Crippen MR) is 81.9 cm³/mol. The molecule has 0 aromatic heterocycles. The maximum atomic E-state index is 12.5. The Morgan fingerprint density at radius 3 is 2.65 bits per heavy atom. The molecule has 1 heterocycles. The van der Waals surface area contributed by atoms with Crippen LogP contribution in [0.25, 0.3) is 0 Å². The second kappa shape index (κ2) is 7.32. The van der Waals surface area contributed by atoms with Crippen molar-refractivity contribution in [3.8, 4) is 6.07 Å². The first kappa shape index (κ1) is 14.9. The molecule has 106 valence electrons. The summed E-state index contributed by atoms with van der Waals surface area (Å²) in [4.78, 5) is 16.7. The molecule has 1 aromatic carbocycles. The molecule has 0 aliphatic carbocycles. The van der Waals surface area contributed by atoms with Crippen molar-refractivity contribution in [2.75, 3.05) is 44.7 Å². The number of hydrogen-bond acceptors (Lipinski definition) is 4. The van der Waals surface area contributed by atoms with Crippen molar-refractivity contribution in [3.05, 3.63) is 35.4 Å². The Hall–Kier alpha value is -1.51. The number of nitriles is 1. The van der Waals surface area contributed by atoms with Gasteiger partial charge in [-0.15, -0.1) is 0 Å². The fraction of sp³-hybridized carbons (Fsp3) is 0.467. The van der Waals surface area contributed by atoms with Gasteiger partial charge in [0.2, 0.25) is 0 Å². The molecule has 0 saturated carbocycles. The number of piperazine rings is 1. The highest BCUT2D eigenvalue weighted by Gasteiger charge is 2.23. The second-order valence-electron chi connectivity index (χ2n) is 4.78. The van der Waals surface area contributed by atoms with Gasteiger partial charge in [-0.25, -0.2) is 0 Å². The lowest BCUT2D eigenvalue weighted by molar-refractivity contribution is 0.0644. The van der Waals surface area contributed by atoms with Crippen molar-refractivity contribution in [2.45, 2.75) is 0 Å². The fourth-order valence-electron chi connectivity index (χ4n) is 2.33. The molecule has 1 aliphatic heterocycles. The van der Waals surface area contributed by atoms with Crippen molar-refractivity contribution >= 4 is 17.7 Å². The van der Waals surface area contributed by atoms with Crippen LogP contribution in [0.3, 0.4) is 0 Å². The Morgan fingerprint density at radius 1 is 1.30 bits per heavy atom. The van der Waals surface area contributed by atoms with E-state index in [1.807, 2.05) is 22.7 Å². The van der Waals surface area contributed by atoms with Gasteiger partial charge in [-0.2, -0.15) is 17.0 Å². The highest BCUT2D eigenvalue weighted by Crippen LogP contribution is 2.13. The van der Waals surface area contributed by atoms with Gasteiger partial charge in [-0.05, 0) is 18.4 Å². The number of rotatable bonds is 4. The average molecular weight is 289 g/mol. The Labute approximate surface area is 124 Å². The van der Waals surface area contributed by atoms with Gasteiger partial charge in [0.15, 0.2) is 0 Å². The average Bonchev–Trinajstić information content (AvgIpc) is 2.52. The van der Waals surface area contributed by atoms with E-state index in [2.05, 4.69) is 17.2 Å². The first-order valence-corrected chi connectivity index (χ1v) is 8.15.